The van der Waals surface area contributed by atoms with E-state index in [1.165, 1.54) is 13.2 Å². The van der Waals surface area contributed by atoms with Gasteiger partial charge in [0.2, 0.25) is 9.84 Å². The van der Waals surface area contributed by atoms with Gasteiger partial charge in [0.05, 0.1) is 11.4 Å². The van der Waals surface area contributed by atoms with Crippen molar-refractivity contribution in [2.75, 3.05) is 10.6 Å². The highest BCUT2D eigenvalue weighted by Gasteiger charge is 2.26. The summed E-state index contributed by atoms with van der Waals surface area (Å²) in [5.41, 5.74) is 1.87. The molecule has 1 aliphatic carbocycles. The number of nitrogens with zero attached hydrogens (tertiary/aromatic N) is 5. The summed E-state index contributed by atoms with van der Waals surface area (Å²) in [7, 11) is -2.32. The number of ketones is 1. The Bertz CT molecular complexity index is 1290. The molecule has 4 rings (SSSR count). The molecule has 0 saturated heterocycles. The summed E-state index contributed by atoms with van der Waals surface area (Å²) in [6.45, 7) is 1.90. The molecule has 1 saturated carbocycles. The predicted molar refractivity (Wildman–Crippen MR) is 122 cm³/mol. The van der Waals surface area contributed by atoms with Crippen molar-refractivity contribution >= 4 is 43.8 Å². The molecule has 13 heteroatoms. The Morgan fingerprint density at radius 2 is 1.97 bits per heavy atom. The van der Waals surface area contributed by atoms with Crippen LogP contribution < -0.4 is 10.6 Å². The zero-order valence-electron chi connectivity index (χ0n) is 18.1. The van der Waals surface area contributed by atoms with Crippen LogP contribution in [0.15, 0.2) is 29.6 Å². The number of aromatic nitrogens is 5. The monoisotopic (exact) mass is 489 g/mol. The van der Waals surface area contributed by atoms with Crippen molar-refractivity contribution < 1.29 is 18.0 Å². The average molecular weight is 490 g/mol. The fourth-order valence-electron chi connectivity index (χ4n) is 3.80. The van der Waals surface area contributed by atoms with Crippen LogP contribution in [0.1, 0.15) is 46.5 Å². The number of thiazole rings is 1. The summed E-state index contributed by atoms with van der Waals surface area (Å²) in [5.74, 6) is -0.310. The molecule has 174 valence electrons. The van der Waals surface area contributed by atoms with Crippen LogP contribution >= 0.6 is 11.3 Å². The van der Waals surface area contributed by atoms with Crippen LogP contribution in [-0.2, 0) is 22.6 Å². The zero-order chi connectivity index (χ0) is 23.6. The molecule has 0 aliphatic heterocycles. The maximum absolute atomic E-state index is 13.0. The van der Waals surface area contributed by atoms with Gasteiger partial charge >= 0.3 is 6.03 Å². The van der Waals surface area contributed by atoms with Crippen LogP contribution in [-0.4, -0.2) is 45.4 Å². The van der Waals surface area contributed by atoms with Gasteiger partial charge in [-0.05, 0) is 42.3 Å². The van der Waals surface area contributed by atoms with Crippen molar-refractivity contribution in [3.8, 4) is 0 Å². The molecule has 0 unspecified atom stereocenters. The Balaban J connectivity index is 1.43. The van der Waals surface area contributed by atoms with Crippen molar-refractivity contribution in [2.24, 2.45) is 13.0 Å². The van der Waals surface area contributed by atoms with Gasteiger partial charge in [0.1, 0.15) is 0 Å². The Kier molecular flexibility index (Phi) is 6.51. The van der Waals surface area contributed by atoms with Crippen LogP contribution in [0, 0.1) is 12.8 Å². The van der Waals surface area contributed by atoms with Crippen molar-refractivity contribution in [3.05, 3.63) is 40.4 Å². The number of carbonyl (C=O) groups is 2. The molecule has 2 aromatic heterocycles. The molecule has 0 atom stereocenters. The van der Waals surface area contributed by atoms with E-state index in [0.29, 0.717) is 16.1 Å². The summed E-state index contributed by atoms with van der Waals surface area (Å²) < 4.78 is 26.0. The molecule has 3 aromatic rings. The molecular weight excluding hydrogens is 466 g/mol. The van der Waals surface area contributed by atoms with E-state index < -0.39 is 15.9 Å². The van der Waals surface area contributed by atoms with Gasteiger partial charge in [-0.2, -0.15) is 0 Å². The van der Waals surface area contributed by atoms with Crippen LogP contribution in [0.2, 0.25) is 0 Å². The van der Waals surface area contributed by atoms with E-state index in [4.69, 9.17) is 0 Å². The second-order valence-electron chi connectivity index (χ2n) is 7.95. The smallest absolute Gasteiger partial charge is 0.307 e. The summed E-state index contributed by atoms with van der Waals surface area (Å²) in [6.07, 6.45) is 5.20. The summed E-state index contributed by atoms with van der Waals surface area (Å²) >= 11 is 1.03. The maximum Gasteiger partial charge on any atom is 0.325 e. The number of urea groups is 1. The van der Waals surface area contributed by atoms with Gasteiger partial charge in [-0.25, -0.2) is 22.9 Å². The van der Waals surface area contributed by atoms with Crippen LogP contribution in [0.5, 0.6) is 0 Å². The number of hydrogen-bond acceptors (Lipinski definition) is 9. The summed E-state index contributed by atoms with van der Waals surface area (Å²) in [4.78, 5) is 30.0. The quantitative estimate of drug-likeness (QED) is 0.481. The van der Waals surface area contributed by atoms with Gasteiger partial charge in [0, 0.05) is 29.6 Å². The topological polar surface area (TPSA) is 149 Å². The van der Waals surface area contributed by atoms with E-state index in [2.05, 4.69) is 31.1 Å². The third kappa shape index (κ3) is 5.25. The first-order chi connectivity index (χ1) is 15.7. The number of benzene rings is 1. The van der Waals surface area contributed by atoms with Gasteiger partial charge in [-0.15, -0.1) is 11.3 Å². The normalized spacial score (nSPS) is 14.4. The minimum Gasteiger partial charge on any atom is -0.307 e. The molecule has 0 bridgehead atoms. The third-order valence-corrected chi connectivity index (χ3v) is 8.07. The third-order valence-electron chi connectivity index (χ3n) is 5.38. The van der Waals surface area contributed by atoms with Gasteiger partial charge in [0.15, 0.2) is 10.9 Å². The molecule has 11 nitrogen and oxygen atoms in total. The van der Waals surface area contributed by atoms with E-state index in [0.717, 1.165) is 47.3 Å². The average Bonchev–Trinajstić information content (AvgIpc) is 3.51. The lowest BCUT2D eigenvalue weighted by Crippen LogP contribution is -2.22. The van der Waals surface area contributed by atoms with E-state index in [-0.39, 0.29) is 27.7 Å². The van der Waals surface area contributed by atoms with Gasteiger partial charge in [0.25, 0.3) is 5.16 Å². The van der Waals surface area contributed by atoms with Crippen LogP contribution in [0.25, 0.3) is 0 Å². The fourth-order valence-corrected chi connectivity index (χ4v) is 6.28. The maximum atomic E-state index is 13.0. The fraction of sp³-hybridized carbons (Fsp3) is 0.400. The lowest BCUT2D eigenvalue weighted by Gasteiger charge is -2.14. The largest absolute Gasteiger partial charge is 0.325 e. The highest BCUT2D eigenvalue weighted by molar-refractivity contribution is 7.90. The number of rotatable bonds is 7. The molecular formula is C20H23N7O4S2. The molecule has 2 amide bonds. The number of Topliss-reactive ketones (excluding diaryl/α,β-unsaturated/α-hetero) is 1. The first kappa shape index (κ1) is 23.0. The summed E-state index contributed by atoms with van der Waals surface area (Å²) in [5, 5.41) is 15.7. The zero-order valence-corrected chi connectivity index (χ0v) is 19.7. The van der Waals surface area contributed by atoms with E-state index >= 15 is 0 Å². The first-order valence-electron chi connectivity index (χ1n) is 10.4. The molecule has 1 aromatic carbocycles. The van der Waals surface area contributed by atoms with Crippen molar-refractivity contribution in [2.45, 2.75) is 43.5 Å². The highest BCUT2D eigenvalue weighted by Crippen LogP contribution is 2.31. The summed E-state index contributed by atoms with van der Waals surface area (Å²) in [6, 6.07) is 4.77. The molecule has 1 fully saturated rings. The molecule has 0 spiro atoms. The van der Waals surface area contributed by atoms with Gasteiger partial charge in [-0.1, -0.05) is 29.6 Å². The lowest BCUT2D eigenvalue weighted by molar-refractivity contribution is 0.0923. The minimum absolute atomic E-state index is 0.0111. The van der Waals surface area contributed by atoms with E-state index in [9.17, 15) is 18.0 Å². The molecule has 2 N–H and O–H groups in total. The minimum atomic E-state index is -3.76. The Morgan fingerprint density at radius 3 is 2.67 bits per heavy atom. The molecule has 2 heterocycles. The molecule has 1 aliphatic rings. The SMILES string of the molecule is Cc1ccc(NC(=O)Nc2ncc(CS(=O)(=O)c3nnnn3C)s2)c(C(=O)C2CCCC2)c1. The van der Waals surface area contributed by atoms with Crippen molar-refractivity contribution in [3.63, 3.8) is 0 Å². The van der Waals surface area contributed by atoms with E-state index in [1.807, 2.05) is 13.0 Å². The Hall–Kier alpha value is -3.19. The lowest BCUT2D eigenvalue weighted by atomic mass is 9.94. The van der Waals surface area contributed by atoms with Crippen LogP contribution in [0.4, 0.5) is 15.6 Å². The van der Waals surface area contributed by atoms with Crippen molar-refractivity contribution in [1.29, 1.82) is 0 Å². The number of hydrogen-bond donors (Lipinski definition) is 2. The number of sulfone groups is 1. The Labute approximate surface area is 194 Å². The predicted octanol–water partition coefficient (Wildman–Crippen LogP) is 2.97. The number of carbonyl (C=O) groups excluding carboxylic acids is 2. The number of nitrogens with one attached hydrogen (secondary N) is 2. The highest BCUT2D eigenvalue weighted by atomic mass is 32.2. The van der Waals surface area contributed by atoms with Crippen molar-refractivity contribution in [1.82, 2.24) is 25.2 Å². The Morgan fingerprint density at radius 1 is 1.21 bits per heavy atom. The van der Waals surface area contributed by atoms with Gasteiger partial charge in [-0.3, -0.25) is 10.1 Å². The molecule has 33 heavy (non-hydrogen) atoms. The number of tetrazole rings is 1. The van der Waals surface area contributed by atoms with E-state index in [1.54, 1.807) is 12.1 Å². The number of amides is 2. The standard InChI is InChI=1S/C20H23N7O4S2/c1-12-7-8-16(15(9-12)17(28)13-5-3-4-6-13)22-18(29)23-19-21-10-14(32-19)11-33(30,31)20-24-25-26-27(20)2/h7-10,13H,3-6,11H2,1-2H3,(H2,21,22,23,29). The second-order valence-corrected chi connectivity index (χ2v) is 10.9. The first-order valence-corrected chi connectivity index (χ1v) is 12.8. The molecule has 0 radical (unpaired) electrons. The van der Waals surface area contributed by atoms with Crippen LogP contribution in [0.3, 0.4) is 0 Å². The second kappa shape index (κ2) is 9.35. The number of aryl methyl sites for hydroxylation is 2. The van der Waals surface area contributed by atoms with Gasteiger partial charge < -0.3 is 5.32 Å². The number of anilines is 2.